The van der Waals surface area contributed by atoms with E-state index in [9.17, 15) is 4.79 Å². The predicted octanol–water partition coefficient (Wildman–Crippen LogP) is 3.00. The lowest BCUT2D eigenvalue weighted by atomic mass is 10.2. The van der Waals surface area contributed by atoms with Crippen molar-refractivity contribution in [3.8, 4) is 0 Å². The second-order valence-electron chi connectivity index (χ2n) is 4.24. The smallest absolute Gasteiger partial charge is 0.336 e. The Balaban J connectivity index is 2.19. The fraction of sp³-hybridized carbons (Fsp3) is 0.500. The van der Waals surface area contributed by atoms with E-state index >= 15 is 0 Å². The molecule has 1 aromatic rings. The highest BCUT2D eigenvalue weighted by Crippen LogP contribution is 2.21. The number of anilines is 1. The summed E-state index contributed by atoms with van der Waals surface area (Å²) < 4.78 is 10.8. The molecule has 0 unspecified atom stereocenters. The summed E-state index contributed by atoms with van der Waals surface area (Å²) in [4.78, 5) is 10.9. The van der Waals surface area contributed by atoms with Gasteiger partial charge in [0.05, 0.1) is 18.8 Å². The van der Waals surface area contributed by atoms with Gasteiger partial charge < -0.3 is 19.9 Å². The van der Waals surface area contributed by atoms with Crippen LogP contribution in [0.4, 0.5) is 5.69 Å². The van der Waals surface area contributed by atoms with Crippen LogP contribution in [0.15, 0.2) is 22.7 Å². The van der Waals surface area contributed by atoms with E-state index in [-0.39, 0.29) is 5.56 Å². The first-order chi connectivity index (χ1) is 9.65. The molecule has 112 valence electrons. The van der Waals surface area contributed by atoms with E-state index in [1.54, 1.807) is 25.3 Å². The van der Waals surface area contributed by atoms with Crippen molar-refractivity contribution in [3.63, 3.8) is 0 Å². The van der Waals surface area contributed by atoms with Crippen molar-refractivity contribution in [2.24, 2.45) is 0 Å². The Kier molecular flexibility index (Phi) is 8.25. The number of benzene rings is 1. The summed E-state index contributed by atoms with van der Waals surface area (Å²) in [5.41, 5.74) is 1.17. The van der Waals surface area contributed by atoms with E-state index in [0.717, 1.165) is 31.7 Å². The number of aromatic carboxylic acids is 1. The van der Waals surface area contributed by atoms with Gasteiger partial charge in [-0.1, -0.05) is 0 Å². The van der Waals surface area contributed by atoms with Gasteiger partial charge in [0.15, 0.2) is 0 Å². The van der Waals surface area contributed by atoms with Crippen molar-refractivity contribution in [3.05, 3.63) is 28.2 Å². The van der Waals surface area contributed by atoms with Crippen LogP contribution in [0.5, 0.6) is 0 Å². The fourth-order valence-electron chi connectivity index (χ4n) is 1.60. The molecule has 5 nitrogen and oxygen atoms in total. The largest absolute Gasteiger partial charge is 0.478 e. The zero-order valence-corrected chi connectivity index (χ0v) is 13.1. The van der Waals surface area contributed by atoms with Gasteiger partial charge in [0, 0.05) is 30.4 Å². The van der Waals surface area contributed by atoms with Gasteiger partial charge in [-0.2, -0.15) is 0 Å². The molecule has 0 aromatic heterocycles. The third-order valence-electron chi connectivity index (χ3n) is 2.68. The van der Waals surface area contributed by atoms with Crippen LogP contribution in [0, 0.1) is 0 Å². The molecule has 0 radical (unpaired) electrons. The Labute approximate surface area is 127 Å². The van der Waals surface area contributed by atoms with Crippen LogP contribution in [-0.2, 0) is 9.47 Å². The van der Waals surface area contributed by atoms with Crippen LogP contribution in [0.3, 0.4) is 0 Å². The topological polar surface area (TPSA) is 67.8 Å². The van der Waals surface area contributed by atoms with Gasteiger partial charge in [0.2, 0.25) is 0 Å². The molecule has 0 saturated heterocycles. The Morgan fingerprint density at radius 1 is 1.30 bits per heavy atom. The van der Waals surface area contributed by atoms with Crippen LogP contribution < -0.4 is 5.32 Å². The molecule has 0 bridgehead atoms. The van der Waals surface area contributed by atoms with Gasteiger partial charge in [-0.15, -0.1) is 0 Å². The molecule has 20 heavy (non-hydrogen) atoms. The highest BCUT2D eigenvalue weighted by molar-refractivity contribution is 9.10. The second kappa shape index (κ2) is 9.74. The second-order valence-corrected chi connectivity index (χ2v) is 5.09. The lowest BCUT2D eigenvalue weighted by molar-refractivity contribution is 0.0691. The number of carboxylic acid groups (broad SMARTS) is 1. The van der Waals surface area contributed by atoms with E-state index < -0.39 is 5.97 Å². The van der Waals surface area contributed by atoms with E-state index in [1.807, 2.05) is 0 Å². The number of nitrogens with one attached hydrogen (secondary N) is 1. The fourth-order valence-corrected chi connectivity index (χ4v) is 2.15. The average Bonchev–Trinajstić information content (AvgIpc) is 2.41. The maximum absolute atomic E-state index is 10.9. The molecule has 0 spiro atoms. The van der Waals surface area contributed by atoms with Gasteiger partial charge in [-0.25, -0.2) is 4.79 Å². The van der Waals surface area contributed by atoms with E-state index in [0.29, 0.717) is 17.7 Å². The first-order valence-electron chi connectivity index (χ1n) is 6.48. The van der Waals surface area contributed by atoms with E-state index in [4.69, 9.17) is 14.6 Å². The molecule has 0 atom stereocenters. The molecule has 6 heteroatoms. The first kappa shape index (κ1) is 16.9. The number of hydrogen-bond donors (Lipinski definition) is 2. The quantitative estimate of drug-likeness (QED) is 0.638. The molecule has 0 heterocycles. The summed E-state index contributed by atoms with van der Waals surface area (Å²) in [6, 6.07) is 5.13. The number of unbranched alkanes of at least 4 members (excludes halogenated alkanes) is 1. The molecule has 1 aromatic carbocycles. The van der Waals surface area contributed by atoms with Gasteiger partial charge in [0.25, 0.3) is 0 Å². The molecule has 0 aliphatic carbocycles. The lowest BCUT2D eigenvalue weighted by Gasteiger charge is -2.08. The van der Waals surface area contributed by atoms with Crippen molar-refractivity contribution in [1.82, 2.24) is 0 Å². The van der Waals surface area contributed by atoms with Crippen molar-refractivity contribution in [2.75, 3.05) is 38.8 Å². The summed E-state index contributed by atoms with van der Waals surface area (Å²) in [6.45, 7) is 2.81. The van der Waals surface area contributed by atoms with Gasteiger partial charge in [-0.05, 0) is 47.0 Å². The predicted molar refractivity (Wildman–Crippen MR) is 81.5 cm³/mol. The minimum absolute atomic E-state index is 0.266. The van der Waals surface area contributed by atoms with E-state index in [1.165, 1.54) is 0 Å². The normalized spacial score (nSPS) is 10.5. The Morgan fingerprint density at radius 2 is 2.10 bits per heavy atom. The summed E-state index contributed by atoms with van der Waals surface area (Å²) in [5.74, 6) is -0.934. The molecule has 2 N–H and O–H groups in total. The van der Waals surface area contributed by atoms with Crippen molar-refractivity contribution in [1.29, 1.82) is 0 Å². The zero-order chi connectivity index (χ0) is 14.8. The van der Waals surface area contributed by atoms with Crippen LogP contribution in [0.1, 0.15) is 23.2 Å². The maximum atomic E-state index is 10.9. The van der Waals surface area contributed by atoms with Gasteiger partial charge >= 0.3 is 5.97 Å². The minimum atomic E-state index is -0.934. The van der Waals surface area contributed by atoms with Crippen LogP contribution in [0.25, 0.3) is 0 Å². The molecular formula is C14H20BrNO4. The molecule has 1 rings (SSSR count). The molecule has 0 fully saturated rings. The van der Waals surface area contributed by atoms with Gasteiger partial charge in [0.1, 0.15) is 0 Å². The van der Waals surface area contributed by atoms with Crippen molar-refractivity contribution in [2.45, 2.75) is 12.8 Å². The first-order valence-corrected chi connectivity index (χ1v) is 7.28. The molecule has 0 aliphatic rings. The number of carbonyl (C=O) groups is 1. The average molecular weight is 346 g/mol. The molecule has 0 amide bonds. The third-order valence-corrected chi connectivity index (χ3v) is 3.33. The van der Waals surface area contributed by atoms with Crippen molar-refractivity contribution >= 4 is 27.6 Å². The molecule has 0 aliphatic heterocycles. The summed E-state index contributed by atoms with van der Waals surface area (Å²) in [6.07, 6.45) is 1.97. The standard InChI is InChI=1S/C14H20BrNO4/c1-19-8-9-20-7-3-2-6-16-11-4-5-12(14(17)18)13(15)10-11/h4-5,10,16H,2-3,6-9H2,1H3,(H,17,18). The summed E-state index contributed by atoms with van der Waals surface area (Å²) >= 11 is 3.25. The van der Waals surface area contributed by atoms with E-state index in [2.05, 4.69) is 21.2 Å². The summed E-state index contributed by atoms with van der Waals surface area (Å²) in [5, 5.41) is 12.2. The number of halogens is 1. The highest BCUT2D eigenvalue weighted by atomic mass is 79.9. The monoisotopic (exact) mass is 345 g/mol. The molecule has 0 saturated carbocycles. The lowest BCUT2D eigenvalue weighted by Crippen LogP contribution is -2.06. The van der Waals surface area contributed by atoms with Gasteiger partial charge in [-0.3, -0.25) is 0 Å². The highest BCUT2D eigenvalue weighted by Gasteiger charge is 2.07. The third kappa shape index (κ3) is 6.36. The van der Waals surface area contributed by atoms with Crippen molar-refractivity contribution < 1.29 is 19.4 Å². The Bertz CT molecular complexity index is 426. The van der Waals surface area contributed by atoms with Crippen LogP contribution >= 0.6 is 15.9 Å². The van der Waals surface area contributed by atoms with Crippen LogP contribution in [-0.4, -0.2) is 44.6 Å². The maximum Gasteiger partial charge on any atom is 0.336 e. The number of hydrogen-bond acceptors (Lipinski definition) is 4. The number of ether oxygens (including phenoxy) is 2. The molecular weight excluding hydrogens is 326 g/mol. The number of methoxy groups -OCH3 is 1. The SMILES string of the molecule is COCCOCCCCNc1ccc(C(=O)O)c(Br)c1. The Hall–Kier alpha value is -1.11. The summed E-state index contributed by atoms with van der Waals surface area (Å²) in [7, 11) is 1.65. The zero-order valence-electron chi connectivity index (χ0n) is 11.5. The minimum Gasteiger partial charge on any atom is -0.478 e. The number of rotatable bonds is 10. The number of carboxylic acids is 1. The Morgan fingerprint density at radius 3 is 2.75 bits per heavy atom. The van der Waals surface area contributed by atoms with Crippen LogP contribution in [0.2, 0.25) is 0 Å².